The van der Waals surface area contributed by atoms with Crippen LogP contribution in [0, 0.1) is 6.92 Å². The quantitative estimate of drug-likeness (QED) is 0.555. The summed E-state index contributed by atoms with van der Waals surface area (Å²) in [5.74, 6) is 1.41. The van der Waals surface area contributed by atoms with Gasteiger partial charge in [-0.25, -0.2) is 0 Å². The summed E-state index contributed by atoms with van der Waals surface area (Å²) in [6.45, 7) is 2.42. The number of rotatable bonds is 7. The van der Waals surface area contributed by atoms with E-state index in [1.807, 2.05) is 24.3 Å². The number of halogens is 2. The lowest BCUT2D eigenvalue weighted by Gasteiger charge is -2.13. The minimum absolute atomic E-state index is 0.213. The van der Waals surface area contributed by atoms with Crippen LogP contribution in [0.3, 0.4) is 0 Å². The standard InChI is InChI=1S/C20H18ClFN2O3/c1-13-9-18(20(22)25)23-24(13)11-15-10-16(21)5-8-19(15)27-12-14-3-6-17(26-2)7-4-14/h3-10H,11-12H2,1-2H3. The molecule has 0 spiro atoms. The van der Waals surface area contributed by atoms with Gasteiger partial charge in [-0.1, -0.05) is 23.7 Å². The predicted molar refractivity (Wildman–Crippen MR) is 100 cm³/mol. The Morgan fingerprint density at radius 3 is 2.56 bits per heavy atom. The van der Waals surface area contributed by atoms with Gasteiger partial charge in [0.2, 0.25) is 0 Å². The van der Waals surface area contributed by atoms with Crippen molar-refractivity contribution in [3.63, 3.8) is 0 Å². The molecule has 0 aliphatic rings. The van der Waals surface area contributed by atoms with E-state index in [-0.39, 0.29) is 5.69 Å². The van der Waals surface area contributed by atoms with Gasteiger partial charge in [-0.05, 0) is 48.9 Å². The second-order valence-corrected chi connectivity index (χ2v) is 6.43. The van der Waals surface area contributed by atoms with Gasteiger partial charge in [-0.15, -0.1) is 0 Å². The summed E-state index contributed by atoms with van der Waals surface area (Å²) in [7, 11) is 1.62. The summed E-state index contributed by atoms with van der Waals surface area (Å²) in [6, 6.07) is 12.7. The molecule has 0 saturated carbocycles. The molecular weight excluding hydrogens is 371 g/mol. The number of methoxy groups -OCH3 is 1. The molecule has 0 radical (unpaired) electrons. The van der Waals surface area contributed by atoms with Gasteiger partial charge in [-0.3, -0.25) is 9.48 Å². The van der Waals surface area contributed by atoms with Crippen molar-refractivity contribution in [2.75, 3.05) is 7.11 Å². The van der Waals surface area contributed by atoms with E-state index >= 15 is 0 Å². The second kappa shape index (κ2) is 8.22. The molecule has 140 valence electrons. The van der Waals surface area contributed by atoms with Crippen molar-refractivity contribution in [2.45, 2.75) is 20.1 Å². The first-order valence-corrected chi connectivity index (χ1v) is 8.62. The fraction of sp³-hybridized carbons (Fsp3) is 0.200. The van der Waals surface area contributed by atoms with Crippen LogP contribution in [0.2, 0.25) is 5.02 Å². The maximum absolute atomic E-state index is 12.9. The summed E-state index contributed by atoms with van der Waals surface area (Å²) < 4.78 is 25.5. The van der Waals surface area contributed by atoms with Crippen molar-refractivity contribution in [3.05, 3.63) is 76.1 Å². The van der Waals surface area contributed by atoms with Crippen molar-refractivity contribution in [1.29, 1.82) is 0 Å². The van der Waals surface area contributed by atoms with E-state index in [9.17, 15) is 9.18 Å². The molecule has 2 aromatic carbocycles. The molecule has 27 heavy (non-hydrogen) atoms. The SMILES string of the molecule is COc1ccc(COc2ccc(Cl)cc2Cn2nc(C(=O)F)cc2C)cc1. The fourth-order valence-corrected chi connectivity index (χ4v) is 2.82. The van der Waals surface area contributed by atoms with Gasteiger partial charge in [0.05, 0.1) is 13.7 Å². The van der Waals surface area contributed by atoms with Crippen LogP contribution in [0.4, 0.5) is 4.39 Å². The number of aryl methyl sites for hydroxylation is 1. The summed E-state index contributed by atoms with van der Waals surface area (Å²) in [4.78, 5) is 10.9. The van der Waals surface area contributed by atoms with E-state index in [4.69, 9.17) is 21.1 Å². The zero-order valence-corrected chi connectivity index (χ0v) is 15.7. The van der Waals surface area contributed by atoms with Gasteiger partial charge >= 0.3 is 6.04 Å². The fourth-order valence-electron chi connectivity index (χ4n) is 2.62. The molecule has 0 unspecified atom stereocenters. The molecule has 1 heterocycles. The Hall–Kier alpha value is -2.86. The zero-order chi connectivity index (χ0) is 19.4. The largest absolute Gasteiger partial charge is 0.497 e. The van der Waals surface area contributed by atoms with Crippen LogP contribution < -0.4 is 9.47 Å². The smallest absolute Gasteiger partial charge is 0.352 e. The highest BCUT2D eigenvalue weighted by Crippen LogP contribution is 2.25. The van der Waals surface area contributed by atoms with E-state index in [2.05, 4.69) is 5.10 Å². The Kier molecular flexibility index (Phi) is 5.76. The van der Waals surface area contributed by atoms with Crippen molar-refractivity contribution in [3.8, 4) is 11.5 Å². The number of nitrogens with zero attached hydrogens (tertiary/aromatic N) is 2. The number of hydrogen-bond donors (Lipinski definition) is 0. The number of hydrogen-bond acceptors (Lipinski definition) is 4. The molecule has 0 aliphatic carbocycles. The predicted octanol–water partition coefficient (Wildman–Crippen LogP) is 4.59. The Balaban J connectivity index is 1.79. The normalized spacial score (nSPS) is 10.7. The monoisotopic (exact) mass is 388 g/mol. The highest BCUT2D eigenvalue weighted by Gasteiger charge is 2.13. The number of carbonyl (C=O) groups excluding carboxylic acids is 1. The molecule has 0 amide bonds. The van der Waals surface area contributed by atoms with Crippen molar-refractivity contribution in [2.24, 2.45) is 0 Å². The average molecular weight is 389 g/mol. The lowest BCUT2D eigenvalue weighted by atomic mass is 10.2. The third-order valence-electron chi connectivity index (χ3n) is 4.08. The third kappa shape index (κ3) is 4.65. The molecule has 0 saturated heterocycles. The van der Waals surface area contributed by atoms with Crippen molar-refractivity contribution in [1.82, 2.24) is 9.78 Å². The maximum atomic E-state index is 12.9. The van der Waals surface area contributed by atoms with Crippen LogP contribution in [-0.2, 0) is 13.2 Å². The lowest BCUT2D eigenvalue weighted by molar-refractivity contribution is 0.0829. The number of benzene rings is 2. The lowest BCUT2D eigenvalue weighted by Crippen LogP contribution is -2.07. The average Bonchev–Trinajstić information content (AvgIpc) is 3.02. The van der Waals surface area contributed by atoms with Crippen LogP contribution in [0.1, 0.15) is 27.3 Å². The Morgan fingerprint density at radius 2 is 1.93 bits per heavy atom. The second-order valence-electron chi connectivity index (χ2n) is 5.99. The Morgan fingerprint density at radius 1 is 1.19 bits per heavy atom. The first kappa shape index (κ1) is 18.9. The minimum Gasteiger partial charge on any atom is -0.497 e. The summed E-state index contributed by atoms with van der Waals surface area (Å²) in [5.41, 5.74) is 2.21. The third-order valence-corrected chi connectivity index (χ3v) is 4.31. The van der Waals surface area contributed by atoms with E-state index < -0.39 is 6.04 Å². The summed E-state index contributed by atoms with van der Waals surface area (Å²) in [5, 5.41) is 4.54. The van der Waals surface area contributed by atoms with Gasteiger partial charge in [0.1, 0.15) is 18.1 Å². The van der Waals surface area contributed by atoms with E-state index in [0.717, 1.165) is 16.9 Å². The van der Waals surface area contributed by atoms with E-state index in [1.165, 1.54) is 6.07 Å². The molecule has 0 atom stereocenters. The maximum Gasteiger partial charge on any atom is 0.352 e. The van der Waals surface area contributed by atoms with Crippen LogP contribution in [0.25, 0.3) is 0 Å². The zero-order valence-electron chi connectivity index (χ0n) is 14.9. The van der Waals surface area contributed by atoms with Gasteiger partial charge in [0, 0.05) is 16.3 Å². The first-order valence-electron chi connectivity index (χ1n) is 8.24. The van der Waals surface area contributed by atoms with Gasteiger partial charge in [0.25, 0.3) is 0 Å². The van der Waals surface area contributed by atoms with Gasteiger partial charge in [-0.2, -0.15) is 9.49 Å². The first-order chi connectivity index (χ1) is 13.0. The van der Waals surface area contributed by atoms with Crippen LogP contribution >= 0.6 is 11.6 Å². The Labute approximate surface area is 161 Å². The number of carbonyl (C=O) groups is 1. The highest BCUT2D eigenvalue weighted by atomic mass is 35.5. The minimum atomic E-state index is -1.56. The van der Waals surface area contributed by atoms with Crippen molar-refractivity contribution < 1.29 is 18.7 Å². The molecule has 0 bridgehead atoms. The molecule has 0 aliphatic heterocycles. The van der Waals surface area contributed by atoms with Gasteiger partial charge in [0.15, 0.2) is 5.69 Å². The highest BCUT2D eigenvalue weighted by molar-refractivity contribution is 6.30. The molecule has 1 aromatic heterocycles. The molecule has 0 fully saturated rings. The molecule has 3 aromatic rings. The number of aromatic nitrogens is 2. The van der Waals surface area contributed by atoms with Gasteiger partial charge < -0.3 is 9.47 Å². The van der Waals surface area contributed by atoms with E-state index in [1.54, 1.807) is 36.9 Å². The molecule has 7 heteroatoms. The summed E-state index contributed by atoms with van der Waals surface area (Å²) in [6.07, 6.45) is 0. The van der Waals surface area contributed by atoms with Crippen LogP contribution in [0.15, 0.2) is 48.5 Å². The van der Waals surface area contributed by atoms with Crippen LogP contribution in [-0.4, -0.2) is 22.9 Å². The topological polar surface area (TPSA) is 53.4 Å². The molecular formula is C20H18ClFN2O3. The number of ether oxygens (including phenoxy) is 2. The summed E-state index contributed by atoms with van der Waals surface area (Å²) >= 11 is 6.12. The molecule has 5 nitrogen and oxygen atoms in total. The van der Waals surface area contributed by atoms with Crippen molar-refractivity contribution >= 4 is 17.6 Å². The molecule has 0 N–H and O–H groups in total. The van der Waals surface area contributed by atoms with E-state index in [0.29, 0.717) is 29.6 Å². The molecule has 3 rings (SSSR count). The van der Waals surface area contributed by atoms with Crippen LogP contribution in [0.5, 0.6) is 11.5 Å². The Bertz CT molecular complexity index is 954.